The second-order valence-electron chi connectivity index (χ2n) is 3.70. The monoisotopic (exact) mass is 238 g/mol. The molecule has 1 heterocycles. The number of hydrogen-bond donors (Lipinski definition) is 1. The van der Waals surface area contributed by atoms with Gasteiger partial charge in [0.15, 0.2) is 0 Å². The summed E-state index contributed by atoms with van der Waals surface area (Å²) in [4.78, 5) is 10.9. The molecule has 0 saturated heterocycles. The standard InChI is InChI=1S/C12H14O5/c1-15-4-5-17-11-7-8(12(13)14)6-10-9(11)2-3-16-10/h6-7H,2-5H2,1H3,(H,13,14). The van der Waals surface area contributed by atoms with Gasteiger partial charge in [0.25, 0.3) is 0 Å². The van der Waals surface area contributed by atoms with Crippen molar-refractivity contribution >= 4 is 5.97 Å². The number of aromatic carboxylic acids is 1. The van der Waals surface area contributed by atoms with Crippen molar-refractivity contribution in [2.24, 2.45) is 0 Å². The molecule has 0 bridgehead atoms. The first kappa shape index (κ1) is 11.7. The summed E-state index contributed by atoms with van der Waals surface area (Å²) >= 11 is 0. The maximum Gasteiger partial charge on any atom is 0.335 e. The average Bonchev–Trinajstić information content (AvgIpc) is 2.77. The van der Waals surface area contributed by atoms with Crippen molar-refractivity contribution < 1.29 is 24.1 Å². The first-order chi connectivity index (χ1) is 8.22. The van der Waals surface area contributed by atoms with Gasteiger partial charge in [0.2, 0.25) is 0 Å². The van der Waals surface area contributed by atoms with Crippen LogP contribution < -0.4 is 9.47 Å². The van der Waals surface area contributed by atoms with E-state index in [9.17, 15) is 4.79 Å². The second-order valence-corrected chi connectivity index (χ2v) is 3.70. The van der Waals surface area contributed by atoms with E-state index < -0.39 is 5.97 Å². The van der Waals surface area contributed by atoms with Gasteiger partial charge in [-0.25, -0.2) is 4.79 Å². The van der Waals surface area contributed by atoms with Crippen LogP contribution in [0, 0.1) is 0 Å². The molecule has 0 spiro atoms. The zero-order valence-electron chi connectivity index (χ0n) is 9.56. The Morgan fingerprint density at radius 3 is 3.00 bits per heavy atom. The minimum Gasteiger partial charge on any atom is -0.493 e. The maximum atomic E-state index is 10.9. The molecule has 0 unspecified atom stereocenters. The molecule has 0 aliphatic carbocycles. The van der Waals surface area contributed by atoms with Crippen LogP contribution in [0.25, 0.3) is 0 Å². The molecule has 1 aromatic rings. The van der Waals surface area contributed by atoms with Crippen molar-refractivity contribution in [1.82, 2.24) is 0 Å². The summed E-state index contributed by atoms with van der Waals surface area (Å²) in [5, 5.41) is 8.98. The highest BCUT2D eigenvalue weighted by molar-refractivity contribution is 5.89. The van der Waals surface area contributed by atoms with E-state index in [1.165, 1.54) is 12.1 Å². The maximum absolute atomic E-state index is 10.9. The first-order valence-corrected chi connectivity index (χ1v) is 5.37. The number of fused-ring (bicyclic) bond motifs is 1. The molecule has 1 aliphatic rings. The summed E-state index contributed by atoms with van der Waals surface area (Å²) in [5.74, 6) is 0.201. The summed E-state index contributed by atoms with van der Waals surface area (Å²) in [6.45, 7) is 1.43. The minimum absolute atomic E-state index is 0.179. The molecule has 1 aliphatic heterocycles. The van der Waals surface area contributed by atoms with Crippen LogP contribution in [-0.4, -0.2) is 38.0 Å². The molecule has 92 valence electrons. The Morgan fingerprint density at radius 1 is 1.47 bits per heavy atom. The zero-order valence-corrected chi connectivity index (χ0v) is 9.56. The number of ether oxygens (including phenoxy) is 3. The predicted octanol–water partition coefficient (Wildman–Crippen LogP) is 1.34. The molecular formula is C12H14O5. The van der Waals surface area contributed by atoms with E-state index >= 15 is 0 Å². The number of methoxy groups -OCH3 is 1. The van der Waals surface area contributed by atoms with Crippen LogP contribution in [-0.2, 0) is 11.2 Å². The molecule has 2 rings (SSSR count). The summed E-state index contributed by atoms with van der Waals surface area (Å²) in [6.07, 6.45) is 0.748. The van der Waals surface area contributed by atoms with Crippen LogP contribution in [0.2, 0.25) is 0 Å². The highest BCUT2D eigenvalue weighted by Crippen LogP contribution is 2.35. The van der Waals surface area contributed by atoms with Crippen LogP contribution in [0.4, 0.5) is 0 Å². The molecule has 5 heteroatoms. The van der Waals surface area contributed by atoms with Gasteiger partial charge in [-0.2, -0.15) is 0 Å². The van der Waals surface area contributed by atoms with E-state index in [1.807, 2.05) is 0 Å². The van der Waals surface area contributed by atoms with E-state index in [4.69, 9.17) is 19.3 Å². The van der Waals surface area contributed by atoms with E-state index in [2.05, 4.69) is 0 Å². The summed E-state index contributed by atoms with van der Waals surface area (Å²) in [6, 6.07) is 3.07. The summed E-state index contributed by atoms with van der Waals surface area (Å²) in [7, 11) is 1.59. The smallest absolute Gasteiger partial charge is 0.335 e. The number of hydrogen-bond acceptors (Lipinski definition) is 4. The molecule has 5 nitrogen and oxygen atoms in total. The summed E-state index contributed by atoms with van der Waals surface area (Å²) < 4.78 is 15.8. The fourth-order valence-corrected chi connectivity index (χ4v) is 1.75. The highest BCUT2D eigenvalue weighted by atomic mass is 16.5. The van der Waals surface area contributed by atoms with Crippen LogP contribution in [0.15, 0.2) is 12.1 Å². The Kier molecular flexibility index (Phi) is 3.49. The number of rotatable bonds is 5. The number of benzene rings is 1. The van der Waals surface area contributed by atoms with Crippen LogP contribution >= 0.6 is 0 Å². The van der Waals surface area contributed by atoms with Gasteiger partial charge in [0.1, 0.15) is 18.1 Å². The van der Waals surface area contributed by atoms with Crippen molar-refractivity contribution in [2.75, 3.05) is 26.9 Å². The molecule has 0 radical (unpaired) electrons. The highest BCUT2D eigenvalue weighted by Gasteiger charge is 2.20. The van der Waals surface area contributed by atoms with Gasteiger partial charge in [0.05, 0.1) is 18.8 Å². The number of carboxylic acid groups (broad SMARTS) is 1. The molecule has 1 N–H and O–H groups in total. The van der Waals surface area contributed by atoms with Crippen molar-refractivity contribution in [3.63, 3.8) is 0 Å². The van der Waals surface area contributed by atoms with Gasteiger partial charge in [-0.1, -0.05) is 0 Å². The fraction of sp³-hybridized carbons (Fsp3) is 0.417. The van der Waals surface area contributed by atoms with Gasteiger partial charge in [-0.15, -0.1) is 0 Å². The zero-order chi connectivity index (χ0) is 12.3. The predicted molar refractivity (Wildman–Crippen MR) is 60.0 cm³/mol. The van der Waals surface area contributed by atoms with Crippen molar-refractivity contribution in [3.05, 3.63) is 23.3 Å². The topological polar surface area (TPSA) is 65.0 Å². The Morgan fingerprint density at radius 2 is 2.29 bits per heavy atom. The molecule has 0 fully saturated rings. The minimum atomic E-state index is -0.986. The largest absolute Gasteiger partial charge is 0.493 e. The molecule has 0 amide bonds. The Labute approximate surface area is 98.9 Å². The van der Waals surface area contributed by atoms with Gasteiger partial charge in [-0.05, 0) is 12.1 Å². The average molecular weight is 238 g/mol. The molecule has 0 aromatic heterocycles. The lowest BCUT2D eigenvalue weighted by atomic mass is 10.1. The Hall–Kier alpha value is -1.75. The third-order valence-corrected chi connectivity index (χ3v) is 2.57. The van der Waals surface area contributed by atoms with E-state index in [1.54, 1.807) is 7.11 Å². The van der Waals surface area contributed by atoms with Crippen LogP contribution in [0.5, 0.6) is 11.5 Å². The SMILES string of the molecule is COCCOc1cc(C(=O)O)cc2c1CCO2. The van der Waals surface area contributed by atoms with Gasteiger partial charge in [0, 0.05) is 19.1 Å². The van der Waals surface area contributed by atoms with Gasteiger partial charge >= 0.3 is 5.97 Å². The lowest BCUT2D eigenvalue weighted by Gasteiger charge is -2.10. The Bertz CT molecular complexity index is 427. The molecule has 17 heavy (non-hydrogen) atoms. The summed E-state index contributed by atoms with van der Waals surface area (Å²) in [5.41, 5.74) is 1.11. The van der Waals surface area contributed by atoms with Crippen LogP contribution in [0.3, 0.4) is 0 Å². The van der Waals surface area contributed by atoms with Crippen molar-refractivity contribution in [1.29, 1.82) is 0 Å². The fourth-order valence-electron chi connectivity index (χ4n) is 1.75. The van der Waals surface area contributed by atoms with Crippen molar-refractivity contribution in [2.45, 2.75) is 6.42 Å². The molecule has 0 atom stereocenters. The number of carbonyl (C=O) groups is 1. The lowest BCUT2D eigenvalue weighted by Crippen LogP contribution is -2.07. The van der Waals surface area contributed by atoms with E-state index in [0.29, 0.717) is 31.3 Å². The normalized spacial score (nSPS) is 13.0. The van der Waals surface area contributed by atoms with E-state index in [0.717, 1.165) is 12.0 Å². The number of carboxylic acids is 1. The van der Waals surface area contributed by atoms with E-state index in [-0.39, 0.29) is 5.56 Å². The Balaban J connectivity index is 2.25. The first-order valence-electron chi connectivity index (χ1n) is 5.37. The molecular weight excluding hydrogens is 224 g/mol. The van der Waals surface area contributed by atoms with Gasteiger partial charge in [-0.3, -0.25) is 0 Å². The third-order valence-electron chi connectivity index (χ3n) is 2.57. The lowest BCUT2D eigenvalue weighted by molar-refractivity contribution is 0.0695. The second kappa shape index (κ2) is 5.05. The molecule has 1 aromatic carbocycles. The quantitative estimate of drug-likeness (QED) is 0.784. The van der Waals surface area contributed by atoms with Crippen molar-refractivity contribution in [3.8, 4) is 11.5 Å². The van der Waals surface area contributed by atoms with Crippen LogP contribution in [0.1, 0.15) is 15.9 Å². The third kappa shape index (κ3) is 2.50. The van der Waals surface area contributed by atoms with Gasteiger partial charge < -0.3 is 19.3 Å². The molecule has 0 saturated carbocycles.